The highest BCUT2D eigenvalue weighted by Crippen LogP contribution is 2.37. The van der Waals surface area contributed by atoms with Gasteiger partial charge in [0.05, 0.1) is 7.11 Å². The molecule has 1 spiro atoms. The van der Waals surface area contributed by atoms with Crippen molar-refractivity contribution in [1.82, 2.24) is 19.9 Å². The Morgan fingerprint density at radius 1 is 0.976 bits per heavy atom. The molecular formula is C28H38N6O7. The highest BCUT2D eigenvalue weighted by atomic mass is 16.6. The van der Waals surface area contributed by atoms with Crippen molar-refractivity contribution in [2.24, 2.45) is 0 Å². The van der Waals surface area contributed by atoms with Gasteiger partial charge in [0.25, 0.3) is 11.5 Å². The summed E-state index contributed by atoms with van der Waals surface area (Å²) in [6.45, 7) is 11.7. The van der Waals surface area contributed by atoms with E-state index in [0.29, 0.717) is 29.0 Å². The fourth-order valence-electron chi connectivity index (χ4n) is 5.03. The minimum atomic E-state index is -1.02. The summed E-state index contributed by atoms with van der Waals surface area (Å²) in [7, 11) is 1.33. The van der Waals surface area contributed by atoms with Crippen LogP contribution in [0.2, 0.25) is 0 Å². The minimum absolute atomic E-state index is 0.0657. The van der Waals surface area contributed by atoms with E-state index in [1.165, 1.54) is 13.2 Å². The van der Waals surface area contributed by atoms with Crippen molar-refractivity contribution in [2.45, 2.75) is 97.4 Å². The van der Waals surface area contributed by atoms with E-state index in [2.05, 4.69) is 20.6 Å². The summed E-state index contributed by atoms with van der Waals surface area (Å²) in [5, 5.41) is 6.04. The van der Waals surface area contributed by atoms with Gasteiger partial charge in [0.2, 0.25) is 0 Å². The third-order valence-corrected chi connectivity index (χ3v) is 6.58. The lowest BCUT2D eigenvalue weighted by atomic mass is 9.89. The average molecular weight is 571 g/mol. The number of nitrogens with zero attached hydrogens (tertiary/aromatic N) is 4. The highest BCUT2D eigenvalue weighted by molar-refractivity contribution is 6.09. The van der Waals surface area contributed by atoms with E-state index < -0.39 is 34.6 Å². The lowest BCUT2D eigenvalue weighted by Gasteiger charge is -2.35. The molecule has 1 aliphatic carbocycles. The van der Waals surface area contributed by atoms with Gasteiger partial charge in [0.15, 0.2) is 5.82 Å². The monoisotopic (exact) mass is 570 g/mol. The third-order valence-electron chi connectivity index (χ3n) is 6.58. The van der Waals surface area contributed by atoms with E-state index >= 15 is 0 Å². The Balaban J connectivity index is 1.79. The van der Waals surface area contributed by atoms with Crippen LogP contribution in [0.15, 0.2) is 16.9 Å². The number of imide groups is 1. The standard InChI is InChI=1S/C28H38N6O7/c1-16-14-17(22(36)34-20(16)21(35)32-28(34)12-10-9-11-13-28)29-18-15-19(31-23(30-18)39-8)33(24(37)40-26(2,3)4)25(38)41-27(5,6)7/h14-15H,9-13H2,1-8H3,(H,32,35)(H,29,30,31). The van der Waals surface area contributed by atoms with Gasteiger partial charge in [-0.05, 0) is 85.8 Å². The van der Waals surface area contributed by atoms with E-state index in [4.69, 9.17) is 14.2 Å². The summed E-state index contributed by atoms with van der Waals surface area (Å²) in [6, 6.07) is 2.70. The molecule has 3 heterocycles. The second-order valence-electron chi connectivity index (χ2n) is 12.3. The SMILES string of the molecule is COc1nc(Nc2cc(C)c3n(c2=O)C2(CCCCC2)NC3=O)cc(N(C(=O)OC(C)(C)C)C(=O)OC(C)(C)C)n1. The first-order chi connectivity index (χ1) is 19.0. The molecule has 1 saturated carbocycles. The molecule has 222 valence electrons. The van der Waals surface area contributed by atoms with E-state index in [-0.39, 0.29) is 29.2 Å². The van der Waals surface area contributed by atoms with E-state index in [9.17, 15) is 19.2 Å². The molecule has 3 amide bonds. The van der Waals surface area contributed by atoms with Gasteiger partial charge in [0.1, 0.15) is 34.1 Å². The topological polar surface area (TPSA) is 154 Å². The van der Waals surface area contributed by atoms with Crippen molar-refractivity contribution in [1.29, 1.82) is 0 Å². The molecule has 2 aromatic heterocycles. The molecule has 2 N–H and O–H groups in total. The van der Waals surface area contributed by atoms with Crippen LogP contribution in [0.3, 0.4) is 0 Å². The van der Waals surface area contributed by atoms with E-state index in [0.717, 1.165) is 19.3 Å². The maximum atomic E-state index is 13.8. The zero-order chi connectivity index (χ0) is 30.3. The van der Waals surface area contributed by atoms with Gasteiger partial charge in [0, 0.05) is 6.07 Å². The Hall–Kier alpha value is -4.16. The average Bonchev–Trinajstić information content (AvgIpc) is 3.12. The molecule has 0 bridgehead atoms. The molecule has 41 heavy (non-hydrogen) atoms. The number of anilines is 3. The fourth-order valence-corrected chi connectivity index (χ4v) is 5.03. The van der Waals surface area contributed by atoms with Crippen LogP contribution in [0, 0.1) is 6.92 Å². The van der Waals surface area contributed by atoms with Crippen molar-refractivity contribution in [2.75, 3.05) is 17.3 Å². The largest absolute Gasteiger partial charge is 0.467 e. The van der Waals surface area contributed by atoms with Crippen molar-refractivity contribution >= 4 is 35.4 Å². The number of hydrogen-bond donors (Lipinski definition) is 2. The predicted octanol–water partition coefficient (Wildman–Crippen LogP) is 4.74. The first kappa shape index (κ1) is 29.8. The number of ether oxygens (including phenoxy) is 3. The van der Waals surface area contributed by atoms with Crippen LogP contribution >= 0.6 is 0 Å². The lowest BCUT2D eigenvalue weighted by Crippen LogP contribution is -2.48. The quantitative estimate of drug-likeness (QED) is 0.527. The molecule has 13 heteroatoms. The number of pyridine rings is 1. The first-order valence-electron chi connectivity index (χ1n) is 13.6. The molecule has 4 rings (SSSR count). The molecule has 0 radical (unpaired) electrons. The summed E-state index contributed by atoms with van der Waals surface area (Å²) in [5.74, 6) is -0.401. The number of aromatic nitrogens is 3. The van der Waals surface area contributed by atoms with Gasteiger partial charge >= 0.3 is 18.2 Å². The van der Waals surface area contributed by atoms with Crippen molar-refractivity contribution in [3.8, 4) is 6.01 Å². The van der Waals surface area contributed by atoms with Gasteiger partial charge in [-0.3, -0.25) is 14.2 Å². The Morgan fingerprint density at radius 2 is 1.56 bits per heavy atom. The van der Waals surface area contributed by atoms with Gasteiger partial charge in [-0.2, -0.15) is 14.9 Å². The maximum absolute atomic E-state index is 13.8. The predicted molar refractivity (Wildman–Crippen MR) is 151 cm³/mol. The number of carbonyl (C=O) groups excluding carboxylic acids is 3. The van der Waals surface area contributed by atoms with Crippen LogP contribution in [0.1, 0.15) is 89.7 Å². The van der Waals surface area contributed by atoms with Gasteiger partial charge in [-0.1, -0.05) is 6.42 Å². The zero-order valence-corrected chi connectivity index (χ0v) is 24.8. The molecule has 1 fully saturated rings. The van der Waals surface area contributed by atoms with Crippen molar-refractivity contribution in [3.05, 3.63) is 33.7 Å². The Morgan fingerprint density at radius 3 is 2.10 bits per heavy atom. The van der Waals surface area contributed by atoms with Crippen LogP contribution in [-0.2, 0) is 15.1 Å². The van der Waals surface area contributed by atoms with Crippen LogP contribution in [0.4, 0.5) is 26.9 Å². The van der Waals surface area contributed by atoms with Gasteiger partial charge in [-0.15, -0.1) is 0 Å². The van der Waals surface area contributed by atoms with Crippen LogP contribution < -0.4 is 25.8 Å². The fraction of sp³-hybridized carbons (Fsp3) is 0.571. The third kappa shape index (κ3) is 6.28. The molecule has 2 aliphatic rings. The number of nitrogens with one attached hydrogen (secondary N) is 2. The van der Waals surface area contributed by atoms with Crippen LogP contribution in [-0.4, -0.2) is 50.9 Å². The molecule has 0 atom stereocenters. The molecule has 0 unspecified atom stereocenters. The molecule has 13 nitrogen and oxygen atoms in total. The summed E-state index contributed by atoms with van der Waals surface area (Å²) < 4.78 is 17.7. The second kappa shape index (κ2) is 10.7. The summed E-state index contributed by atoms with van der Waals surface area (Å²) in [6.07, 6.45) is 2.09. The number of carbonyl (C=O) groups is 3. The smallest absolute Gasteiger partial charge is 0.425 e. The number of rotatable bonds is 4. The van der Waals surface area contributed by atoms with Crippen LogP contribution in [0.5, 0.6) is 6.01 Å². The summed E-state index contributed by atoms with van der Waals surface area (Å²) in [4.78, 5) is 62.2. The Labute approximate surface area is 238 Å². The van der Waals surface area contributed by atoms with Crippen LogP contribution in [0.25, 0.3) is 0 Å². The number of amides is 3. The number of methoxy groups -OCH3 is 1. The molecule has 0 aromatic carbocycles. The number of fused-ring (bicyclic) bond motifs is 2. The second-order valence-corrected chi connectivity index (χ2v) is 12.3. The lowest BCUT2D eigenvalue weighted by molar-refractivity contribution is 0.0428. The minimum Gasteiger partial charge on any atom is -0.467 e. The van der Waals surface area contributed by atoms with Crippen molar-refractivity contribution in [3.63, 3.8) is 0 Å². The van der Waals surface area contributed by atoms with Gasteiger partial charge in [-0.25, -0.2) is 9.59 Å². The number of hydrogen-bond acceptors (Lipinski definition) is 10. The molecular weight excluding hydrogens is 532 g/mol. The summed E-state index contributed by atoms with van der Waals surface area (Å²) >= 11 is 0. The molecule has 1 aliphatic heterocycles. The van der Waals surface area contributed by atoms with Gasteiger partial charge < -0.3 is 24.8 Å². The highest BCUT2D eigenvalue weighted by Gasteiger charge is 2.45. The zero-order valence-electron chi connectivity index (χ0n) is 24.8. The molecule has 2 aromatic rings. The maximum Gasteiger partial charge on any atom is 0.425 e. The first-order valence-corrected chi connectivity index (χ1v) is 13.6. The number of aryl methyl sites for hydroxylation is 1. The van der Waals surface area contributed by atoms with E-state index in [1.807, 2.05) is 0 Å². The van der Waals surface area contributed by atoms with Crippen molar-refractivity contribution < 1.29 is 28.6 Å². The Kier molecular flexibility index (Phi) is 7.76. The summed E-state index contributed by atoms with van der Waals surface area (Å²) in [5.41, 5.74) is -1.92. The van der Waals surface area contributed by atoms with E-state index in [1.54, 1.807) is 59.1 Å². The molecule has 0 saturated heterocycles. The Bertz CT molecular complexity index is 1400. The normalized spacial score (nSPS) is 16.0.